The summed E-state index contributed by atoms with van der Waals surface area (Å²) in [6.45, 7) is 3.33. The Morgan fingerprint density at radius 3 is 2.49 bits per heavy atom. The van der Waals surface area contributed by atoms with Crippen LogP contribution in [-0.4, -0.2) is 52.4 Å². The van der Waals surface area contributed by atoms with Crippen molar-refractivity contribution in [3.05, 3.63) is 82.9 Å². The van der Waals surface area contributed by atoms with Crippen molar-refractivity contribution in [1.82, 2.24) is 9.97 Å². The molecule has 0 aliphatic rings. The number of aromatic amines is 1. The van der Waals surface area contributed by atoms with E-state index < -0.39 is 11.5 Å². The fraction of sp³-hybridized carbons (Fsp3) is 0.172. The van der Waals surface area contributed by atoms with Gasteiger partial charge in [0.15, 0.2) is 5.88 Å². The highest BCUT2D eigenvalue weighted by molar-refractivity contribution is 7.16. The van der Waals surface area contributed by atoms with Gasteiger partial charge in [-0.15, -0.1) is 11.3 Å². The number of carbonyl (C=O) groups is 2. The van der Waals surface area contributed by atoms with Gasteiger partial charge in [-0.1, -0.05) is 12.1 Å². The molecular weight excluding hydrogens is 514 g/mol. The lowest BCUT2D eigenvalue weighted by Gasteiger charge is -2.25. The van der Waals surface area contributed by atoms with E-state index in [1.165, 1.54) is 23.3 Å². The van der Waals surface area contributed by atoms with Gasteiger partial charge in [0.05, 0.1) is 50.9 Å². The molecule has 2 aromatic heterocycles. The second-order valence-electron chi connectivity index (χ2n) is 9.70. The van der Waals surface area contributed by atoms with E-state index in [0.29, 0.717) is 39.1 Å². The average molecular weight is 542 g/mol. The number of aromatic hydroxyl groups is 1. The Balaban J connectivity index is 1.64. The van der Waals surface area contributed by atoms with E-state index in [1.54, 1.807) is 68.9 Å². The van der Waals surface area contributed by atoms with Gasteiger partial charge in [-0.05, 0) is 62.4 Å². The summed E-state index contributed by atoms with van der Waals surface area (Å²) in [5.41, 5.74) is 11.6. The van der Waals surface area contributed by atoms with Gasteiger partial charge in [0.1, 0.15) is 0 Å². The maximum Gasteiger partial charge on any atom is 0.337 e. The van der Waals surface area contributed by atoms with Crippen LogP contribution in [0.3, 0.4) is 0 Å². The highest BCUT2D eigenvalue weighted by Gasteiger charge is 2.26. The SMILES string of the molecule is COC(=O)c1ccc2c(C(=Nc3ccc(N(C)C(=O)C(C)(C)N)cc3)c3ccc4ncsc4c3)c(O)[nH]c2c1. The first kappa shape index (κ1) is 26.1. The normalized spacial score (nSPS) is 12.2. The van der Waals surface area contributed by atoms with Crippen LogP contribution >= 0.6 is 11.3 Å². The van der Waals surface area contributed by atoms with Crippen molar-refractivity contribution < 1.29 is 19.4 Å². The molecule has 0 saturated carbocycles. The Morgan fingerprint density at radius 2 is 1.79 bits per heavy atom. The summed E-state index contributed by atoms with van der Waals surface area (Å²) in [7, 11) is 3.00. The zero-order chi connectivity index (χ0) is 27.9. The number of ether oxygens (including phenoxy) is 1. The molecule has 0 atom stereocenters. The molecule has 5 rings (SSSR count). The minimum Gasteiger partial charge on any atom is -0.494 e. The lowest BCUT2D eigenvalue weighted by molar-refractivity contribution is -0.122. The summed E-state index contributed by atoms with van der Waals surface area (Å²) in [5, 5.41) is 11.7. The lowest BCUT2D eigenvalue weighted by Crippen LogP contribution is -2.49. The number of anilines is 1. The number of carbonyl (C=O) groups excluding carboxylic acids is 2. The highest BCUT2D eigenvalue weighted by atomic mass is 32.1. The predicted octanol–water partition coefficient (Wildman–Crippen LogP) is 5.14. The number of thiazole rings is 1. The summed E-state index contributed by atoms with van der Waals surface area (Å²) in [5.74, 6) is -0.770. The van der Waals surface area contributed by atoms with E-state index in [2.05, 4.69) is 9.97 Å². The van der Waals surface area contributed by atoms with E-state index in [4.69, 9.17) is 15.5 Å². The van der Waals surface area contributed by atoms with Crippen molar-refractivity contribution in [3.63, 3.8) is 0 Å². The third-order valence-electron chi connectivity index (χ3n) is 6.38. The highest BCUT2D eigenvalue weighted by Crippen LogP contribution is 2.33. The fourth-order valence-corrected chi connectivity index (χ4v) is 5.08. The number of hydrogen-bond donors (Lipinski definition) is 3. The van der Waals surface area contributed by atoms with Gasteiger partial charge < -0.3 is 25.5 Å². The van der Waals surface area contributed by atoms with Gasteiger partial charge in [0, 0.05) is 29.2 Å². The number of methoxy groups -OCH3 is 1. The molecular formula is C29H27N5O4S. The third kappa shape index (κ3) is 4.99. The van der Waals surface area contributed by atoms with Crippen molar-refractivity contribution in [2.75, 3.05) is 19.1 Å². The van der Waals surface area contributed by atoms with Crippen LogP contribution in [0.5, 0.6) is 5.88 Å². The molecule has 0 fully saturated rings. The average Bonchev–Trinajstić information content (AvgIpc) is 3.52. The van der Waals surface area contributed by atoms with Crippen LogP contribution in [0.4, 0.5) is 11.4 Å². The van der Waals surface area contributed by atoms with Crippen molar-refractivity contribution in [1.29, 1.82) is 0 Å². The maximum atomic E-state index is 12.6. The van der Waals surface area contributed by atoms with Crippen molar-refractivity contribution in [2.45, 2.75) is 19.4 Å². The number of hydrogen-bond acceptors (Lipinski definition) is 8. The number of nitrogens with two attached hydrogens (primary N) is 1. The monoisotopic (exact) mass is 541 g/mol. The first-order valence-corrected chi connectivity index (χ1v) is 13.0. The van der Waals surface area contributed by atoms with E-state index >= 15 is 0 Å². The van der Waals surface area contributed by atoms with Crippen LogP contribution in [-0.2, 0) is 9.53 Å². The Kier molecular flexibility index (Phi) is 6.67. The van der Waals surface area contributed by atoms with Crippen LogP contribution < -0.4 is 10.6 Å². The first-order valence-electron chi connectivity index (χ1n) is 12.1. The lowest BCUT2D eigenvalue weighted by atomic mass is 10.00. The number of nitrogens with zero attached hydrogens (tertiary/aromatic N) is 3. The van der Waals surface area contributed by atoms with Crippen LogP contribution in [0.2, 0.25) is 0 Å². The second kappa shape index (κ2) is 9.97. The summed E-state index contributed by atoms with van der Waals surface area (Å²) in [6.07, 6.45) is 0. The molecule has 1 amide bonds. The van der Waals surface area contributed by atoms with E-state index in [1.807, 2.05) is 18.2 Å². The molecule has 0 radical (unpaired) electrons. The number of benzene rings is 3. The molecule has 2 heterocycles. The Labute approximate surface area is 228 Å². The van der Waals surface area contributed by atoms with Gasteiger partial charge >= 0.3 is 5.97 Å². The zero-order valence-electron chi connectivity index (χ0n) is 21.9. The third-order valence-corrected chi connectivity index (χ3v) is 7.17. The molecule has 0 spiro atoms. The first-order chi connectivity index (χ1) is 18.6. The van der Waals surface area contributed by atoms with Crippen molar-refractivity contribution in [2.24, 2.45) is 10.7 Å². The molecule has 198 valence electrons. The van der Waals surface area contributed by atoms with Crippen LogP contribution in [0, 0.1) is 0 Å². The number of aromatic nitrogens is 2. The second-order valence-corrected chi connectivity index (χ2v) is 10.6. The minimum atomic E-state index is -1.01. The number of H-pyrrole nitrogens is 1. The fourth-order valence-electron chi connectivity index (χ4n) is 4.36. The summed E-state index contributed by atoms with van der Waals surface area (Å²) >= 11 is 1.51. The molecule has 4 N–H and O–H groups in total. The maximum absolute atomic E-state index is 12.6. The van der Waals surface area contributed by atoms with Crippen LogP contribution in [0.15, 0.2) is 71.2 Å². The molecule has 39 heavy (non-hydrogen) atoms. The van der Waals surface area contributed by atoms with Crippen LogP contribution in [0.25, 0.3) is 21.1 Å². The molecule has 0 saturated heterocycles. The van der Waals surface area contributed by atoms with Gasteiger partial charge in [-0.2, -0.15) is 0 Å². The van der Waals surface area contributed by atoms with E-state index in [-0.39, 0.29) is 11.8 Å². The summed E-state index contributed by atoms with van der Waals surface area (Å²) in [4.78, 5) is 38.5. The summed E-state index contributed by atoms with van der Waals surface area (Å²) < 4.78 is 5.81. The molecule has 3 aromatic carbocycles. The largest absolute Gasteiger partial charge is 0.494 e. The van der Waals surface area contributed by atoms with Gasteiger partial charge in [-0.25, -0.2) is 14.8 Å². The number of rotatable bonds is 6. The number of esters is 1. The minimum absolute atomic E-state index is 0.0812. The smallest absolute Gasteiger partial charge is 0.337 e. The molecule has 5 aromatic rings. The summed E-state index contributed by atoms with van der Waals surface area (Å²) in [6, 6.07) is 18.0. The number of amides is 1. The standard InChI is InChI=1S/C29H27N5O4S/c1-29(2,30)28(37)34(3)19-9-7-18(8-10-19)32-25(16-6-12-21-23(14-16)39-15-31-21)24-20-11-5-17(27(36)38-4)13-22(20)33-26(24)35/h5-15,33,35H,30H2,1-4H3. The Morgan fingerprint density at radius 1 is 1.08 bits per heavy atom. The molecule has 0 unspecified atom stereocenters. The predicted molar refractivity (Wildman–Crippen MR) is 154 cm³/mol. The number of fused-ring (bicyclic) bond motifs is 2. The molecule has 0 bridgehead atoms. The Hall–Kier alpha value is -4.54. The topological polar surface area (TPSA) is 134 Å². The van der Waals surface area contributed by atoms with E-state index in [9.17, 15) is 14.7 Å². The van der Waals surface area contributed by atoms with E-state index in [0.717, 1.165) is 15.8 Å². The van der Waals surface area contributed by atoms with Gasteiger partial charge in [0.25, 0.3) is 0 Å². The Bertz CT molecular complexity index is 1750. The number of aliphatic imine (C=N–C) groups is 1. The number of likely N-dealkylation sites (N-methyl/N-ethyl adjacent to an activating group) is 1. The van der Waals surface area contributed by atoms with Crippen molar-refractivity contribution in [3.8, 4) is 5.88 Å². The van der Waals surface area contributed by atoms with Crippen LogP contribution in [0.1, 0.15) is 35.3 Å². The zero-order valence-corrected chi connectivity index (χ0v) is 22.7. The molecule has 9 nitrogen and oxygen atoms in total. The van der Waals surface area contributed by atoms with Gasteiger partial charge in [-0.3, -0.25) is 4.79 Å². The van der Waals surface area contributed by atoms with Crippen molar-refractivity contribution >= 4 is 61.4 Å². The molecule has 0 aliphatic heterocycles. The quantitative estimate of drug-likeness (QED) is 0.201. The molecule has 0 aliphatic carbocycles. The van der Waals surface area contributed by atoms with Gasteiger partial charge in [0.2, 0.25) is 5.91 Å². The molecule has 10 heteroatoms. The number of nitrogens with one attached hydrogen (secondary N) is 1.